The molecule has 0 bridgehead atoms. The van der Waals surface area contributed by atoms with Crippen molar-refractivity contribution in [1.82, 2.24) is 0 Å². The summed E-state index contributed by atoms with van der Waals surface area (Å²) >= 11 is 0. The molecule has 7 heteroatoms. The first-order chi connectivity index (χ1) is 9.70. The van der Waals surface area contributed by atoms with Crippen molar-refractivity contribution in [3.8, 4) is 0 Å². The van der Waals surface area contributed by atoms with Crippen molar-refractivity contribution in [2.45, 2.75) is 32.5 Å². The Kier molecular flexibility index (Phi) is 8.27. The van der Waals surface area contributed by atoms with Crippen LogP contribution in [-0.2, 0) is 9.47 Å². The number of ether oxygens (including phenoxy) is 2. The number of aliphatic hydroxyl groups excluding tert-OH is 5. The first-order valence-electron chi connectivity index (χ1n) is 6.95. The SMILES string of the molecule is COC(C)(C)C(CO)(COCC(CO)(CO)CO)C(C)O. The number of hydrogen-bond donors (Lipinski definition) is 5. The van der Waals surface area contributed by atoms with Crippen LogP contribution in [0.25, 0.3) is 0 Å². The molecule has 0 aliphatic rings. The Hall–Kier alpha value is -0.280. The third-order valence-electron chi connectivity index (χ3n) is 4.57. The molecule has 0 saturated heterocycles. The summed E-state index contributed by atoms with van der Waals surface area (Å²) in [6, 6.07) is 0. The molecule has 0 aromatic carbocycles. The van der Waals surface area contributed by atoms with Crippen LogP contribution in [0.2, 0.25) is 0 Å². The standard InChI is InChI=1S/C14H30O7/c1-11(19)14(8-18,12(2,3)20-4)10-21-9-13(5-15,6-16)7-17/h11,15-19H,5-10H2,1-4H3. The Bertz CT molecular complexity index is 281. The highest BCUT2D eigenvalue weighted by atomic mass is 16.5. The number of methoxy groups -OCH3 is 1. The van der Waals surface area contributed by atoms with Crippen molar-refractivity contribution in [3.63, 3.8) is 0 Å². The lowest BCUT2D eigenvalue weighted by Crippen LogP contribution is -2.57. The molecule has 0 aliphatic heterocycles. The maximum atomic E-state index is 10.1. The van der Waals surface area contributed by atoms with Crippen LogP contribution < -0.4 is 0 Å². The van der Waals surface area contributed by atoms with Gasteiger partial charge in [0.05, 0.1) is 62.2 Å². The van der Waals surface area contributed by atoms with Gasteiger partial charge in [-0.15, -0.1) is 0 Å². The van der Waals surface area contributed by atoms with Gasteiger partial charge in [0.2, 0.25) is 0 Å². The van der Waals surface area contributed by atoms with Gasteiger partial charge in [0.1, 0.15) is 0 Å². The predicted molar refractivity (Wildman–Crippen MR) is 76.8 cm³/mol. The second kappa shape index (κ2) is 8.38. The lowest BCUT2D eigenvalue weighted by Gasteiger charge is -2.46. The van der Waals surface area contributed by atoms with Gasteiger partial charge in [0.15, 0.2) is 0 Å². The number of rotatable bonds is 11. The Morgan fingerprint density at radius 3 is 1.67 bits per heavy atom. The van der Waals surface area contributed by atoms with Gasteiger partial charge in [0, 0.05) is 7.11 Å². The molecule has 5 N–H and O–H groups in total. The topological polar surface area (TPSA) is 120 Å². The normalized spacial score (nSPS) is 17.6. The van der Waals surface area contributed by atoms with Crippen molar-refractivity contribution in [3.05, 3.63) is 0 Å². The van der Waals surface area contributed by atoms with Crippen molar-refractivity contribution >= 4 is 0 Å². The molecule has 0 rings (SSSR count). The van der Waals surface area contributed by atoms with Crippen molar-refractivity contribution in [1.29, 1.82) is 0 Å². The van der Waals surface area contributed by atoms with Crippen LogP contribution in [-0.4, -0.2) is 84.0 Å². The zero-order valence-electron chi connectivity index (χ0n) is 13.4. The van der Waals surface area contributed by atoms with E-state index in [1.54, 1.807) is 13.8 Å². The molecule has 2 atom stereocenters. The Balaban J connectivity index is 5.03. The van der Waals surface area contributed by atoms with Crippen LogP contribution >= 0.6 is 0 Å². The van der Waals surface area contributed by atoms with Crippen LogP contribution in [0.4, 0.5) is 0 Å². The zero-order chi connectivity index (χ0) is 16.7. The van der Waals surface area contributed by atoms with E-state index < -0.39 is 42.4 Å². The molecule has 0 aromatic rings. The highest BCUT2D eigenvalue weighted by molar-refractivity contribution is 4.98. The molecular formula is C14H30O7. The summed E-state index contributed by atoms with van der Waals surface area (Å²) in [4.78, 5) is 0. The van der Waals surface area contributed by atoms with E-state index in [4.69, 9.17) is 9.47 Å². The fourth-order valence-electron chi connectivity index (χ4n) is 2.11. The summed E-state index contributed by atoms with van der Waals surface area (Å²) in [6.45, 7) is 3.17. The van der Waals surface area contributed by atoms with E-state index >= 15 is 0 Å². The second-order valence-corrected chi connectivity index (χ2v) is 6.17. The first kappa shape index (κ1) is 20.7. The largest absolute Gasteiger partial charge is 0.396 e. The van der Waals surface area contributed by atoms with E-state index in [0.29, 0.717) is 0 Å². The molecule has 0 aromatic heterocycles. The van der Waals surface area contributed by atoms with Crippen molar-refractivity contribution in [2.75, 3.05) is 46.8 Å². The van der Waals surface area contributed by atoms with Gasteiger partial charge in [-0.05, 0) is 20.8 Å². The van der Waals surface area contributed by atoms with E-state index in [-0.39, 0.29) is 19.8 Å². The lowest BCUT2D eigenvalue weighted by atomic mass is 9.71. The van der Waals surface area contributed by atoms with E-state index in [1.165, 1.54) is 14.0 Å². The molecule has 0 heterocycles. The summed E-state index contributed by atoms with van der Waals surface area (Å²) in [7, 11) is 1.48. The Morgan fingerprint density at radius 2 is 1.38 bits per heavy atom. The minimum absolute atomic E-state index is 0.0518. The summed E-state index contributed by atoms with van der Waals surface area (Å²) in [5, 5.41) is 47.6. The molecule has 0 fully saturated rings. The third kappa shape index (κ3) is 4.35. The van der Waals surface area contributed by atoms with Gasteiger partial charge in [0.25, 0.3) is 0 Å². The Labute approximate surface area is 126 Å². The van der Waals surface area contributed by atoms with Gasteiger partial charge in [-0.2, -0.15) is 0 Å². The van der Waals surface area contributed by atoms with Gasteiger partial charge in [-0.3, -0.25) is 0 Å². The zero-order valence-corrected chi connectivity index (χ0v) is 13.4. The maximum absolute atomic E-state index is 10.1. The highest BCUT2D eigenvalue weighted by Crippen LogP contribution is 2.38. The third-order valence-corrected chi connectivity index (χ3v) is 4.57. The fourth-order valence-corrected chi connectivity index (χ4v) is 2.11. The molecule has 7 nitrogen and oxygen atoms in total. The van der Waals surface area contributed by atoms with Gasteiger partial charge < -0.3 is 35.0 Å². The molecular weight excluding hydrogens is 280 g/mol. The molecule has 21 heavy (non-hydrogen) atoms. The summed E-state index contributed by atoms with van der Waals surface area (Å²) in [6.07, 6.45) is -0.913. The molecule has 0 saturated carbocycles. The van der Waals surface area contributed by atoms with Crippen LogP contribution in [0.3, 0.4) is 0 Å². The van der Waals surface area contributed by atoms with Crippen LogP contribution in [0.15, 0.2) is 0 Å². The summed E-state index contributed by atoms with van der Waals surface area (Å²) in [5.74, 6) is 0. The summed E-state index contributed by atoms with van der Waals surface area (Å²) < 4.78 is 10.9. The van der Waals surface area contributed by atoms with E-state index in [2.05, 4.69) is 0 Å². The smallest absolute Gasteiger partial charge is 0.0747 e. The molecule has 0 aliphatic carbocycles. The fraction of sp³-hybridized carbons (Fsp3) is 1.00. The predicted octanol–water partition coefficient (Wildman–Crippen LogP) is -1.25. The maximum Gasteiger partial charge on any atom is 0.0747 e. The molecule has 0 amide bonds. The Morgan fingerprint density at radius 1 is 0.905 bits per heavy atom. The summed E-state index contributed by atoms with van der Waals surface area (Å²) in [5.41, 5.74) is -3.10. The van der Waals surface area contributed by atoms with E-state index in [1.807, 2.05) is 0 Å². The minimum Gasteiger partial charge on any atom is -0.396 e. The van der Waals surface area contributed by atoms with Crippen molar-refractivity contribution in [2.24, 2.45) is 10.8 Å². The van der Waals surface area contributed by atoms with Crippen LogP contribution in [0.1, 0.15) is 20.8 Å². The van der Waals surface area contributed by atoms with E-state index in [0.717, 1.165) is 0 Å². The molecule has 2 unspecified atom stereocenters. The highest BCUT2D eigenvalue weighted by Gasteiger charge is 2.49. The van der Waals surface area contributed by atoms with E-state index in [9.17, 15) is 25.5 Å². The molecule has 0 spiro atoms. The lowest BCUT2D eigenvalue weighted by molar-refractivity contribution is -0.194. The monoisotopic (exact) mass is 310 g/mol. The van der Waals surface area contributed by atoms with Gasteiger partial charge in [-0.1, -0.05) is 0 Å². The van der Waals surface area contributed by atoms with Crippen LogP contribution in [0.5, 0.6) is 0 Å². The first-order valence-corrected chi connectivity index (χ1v) is 6.95. The van der Waals surface area contributed by atoms with Gasteiger partial charge in [-0.25, -0.2) is 0 Å². The molecule has 0 radical (unpaired) electrons. The quantitative estimate of drug-likeness (QED) is 0.323. The van der Waals surface area contributed by atoms with Crippen LogP contribution in [0, 0.1) is 10.8 Å². The van der Waals surface area contributed by atoms with Crippen molar-refractivity contribution < 1.29 is 35.0 Å². The van der Waals surface area contributed by atoms with Gasteiger partial charge >= 0.3 is 0 Å². The minimum atomic E-state index is -1.16. The average molecular weight is 310 g/mol. The molecule has 128 valence electrons. The average Bonchev–Trinajstić information content (AvgIpc) is 2.48. The second-order valence-electron chi connectivity index (χ2n) is 6.17. The number of aliphatic hydroxyl groups is 5. The number of hydrogen-bond acceptors (Lipinski definition) is 7.